The summed E-state index contributed by atoms with van der Waals surface area (Å²) in [5.41, 5.74) is 2.40. The zero-order valence-corrected chi connectivity index (χ0v) is 15.1. The zero-order chi connectivity index (χ0) is 13.2. The molecule has 0 bridgehead atoms. The van der Waals surface area contributed by atoms with Crippen molar-refractivity contribution in [1.82, 2.24) is 0 Å². The first-order chi connectivity index (χ1) is 8.47. The van der Waals surface area contributed by atoms with Gasteiger partial charge in [0.15, 0.2) is 0 Å². The number of hydrogen-bond donors (Lipinski definition) is 0. The maximum absolute atomic E-state index is 6.27. The van der Waals surface area contributed by atoms with Crippen LogP contribution in [0.15, 0.2) is 51.9 Å². The van der Waals surface area contributed by atoms with Crippen molar-refractivity contribution in [1.29, 1.82) is 0 Å². The van der Waals surface area contributed by atoms with E-state index >= 15 is 0 Å². The van der Waals surface area contributed by atoms with Crippen LogP contribution in [-0.2, 0) is 25.2 Å². The molecule has 0 spiro atoms. The van der Waals surface area contributed by atoms with Crippen molar-refractivity contribution in [2.45, 2.75) is 38.9 Å². The van der Waals surface area contributed by atoms with Gasteiger partial charge in [0.2, 0.25) is 0 Å². The number of allylic oxidation sites excluding steroid dienone is 2. The minimum Gasteiger partial charge on any atom is -1.00 e. The van der Waals surface area contributed by atoms with Gasteiger partial charge in [-0.1, -0.05) is 0 Å². The van der Waals surface area contributed by atoms with Crippen molar-refractivity contribution in [3.05, 3.63) is 57.5 Å². The topological polar surface area (TPSA) is 9.23 Å². The Kier molecular flexibility index (Phi) is 8.39. The van der Waals surface area contributed by atoms with Crippen LogP contribution in [0.5, 0.6) is 0 Å². The third-order valence-corrected chi connectivity index (χ3v) is 3.59. The molecule has 2 rings (SSSR count). The van der Waals surface area contributed by atoms with Crippen molar-refractivity contribution >= 4 is 0 Å². The summed E-state index contributed by atoms with van der Waals surface area (Å²) in [6, 6.07) is 10.5. The summed E-state index contributed by atoms with van der Waals surface area (Å²) in [7, 11) is 0. The van der Waals surface area contributed by atoms with Gasteiger partial charge in [-0.2, -0.15) is 0 Å². The van der Waals surface area contributed by atoms with E-state index in [2.05, 4.69) is 77.6 Å². The first kappa shape index (κ1) is 20.0. The number of rotatable bonds is 3. The van der Waals surface area contributed by atoms with E-state index in [1.165, 1.54) is 15.0 Å². The van der Waals surface area contributed by atoms with Gasteiger partial charge in [0, 0.05) is 0 Å². The van der Waals surface area contributed by atoms with Gasteiger partial charge in [0.25, 0.3) is 0 Å². The van der Waals surface area contributed by atoms with Crippen molar-refractivity contribution < 1.29 is 50.0 Å². The fraction of sp³-hybridized carbons (Fsp3) is 0.375. The standard InChI is InChI=1S/C16H19O.2ClH.Ti/c1-16(2,3)17-15(14-11-7-8-12-14)13-9-5-4-6-10-13;;;/h4-7,9-11,15H,8H2,1-3H3;2*1H;/q;;;+2/p-2. The van der Waals surface area contributed by atoms with Crippen LogP contribution in [-0.4, -0.2) is 5.60 Å². The van der Waals surface area contributed by atoms with Gasteiger partial charge >= 0.3 is 122 Å². The van der Waals surface area contributed by atoms with Crippen LogP contribution >= 0.6 is 0 Å². The molecule has 0 aliphatic heterocycles. The molecule has 1 aliphatic rings. The first-order valence-corrected chi connectivity index (χ1v) is 7.09. The Bertz CT molecular complexity index is 475. The number of ether oxygens (including phenoxy) is 1. The van der Waals surface area contributed by atoms with E-state index in [4.69, 9.17) is 4.74 Å². The van der Waals surface area contributed by atoms with Gasteiger partial charge < -0.3 is 24.8 Å². The van der Waals surface area contributed by atoms with Gasteiger partial charge in [-0.25, -0.2) is 0 Å². The number of benzene rings is 1. The molecule has 1 aliphatic carbocycles. The van der Waals surface area contributed by atoms with Crippen LogP contribution in [0, 0.1) is 0 Å². The molecule has 0 saturated carbocycles. The predicted octanol–water partition coefficient (Wildman–Crippen LogP) is -1.69. The van der Waals surface area contributed by atoms with Gasteiger partial charge in [0.05, 0.1) is 0 Å². The van der Waals surface area contributed by atoms with Gasteiger partial charge in [0.1, 0.15) is 0 Å². The first-order valence-electron chi connectivity index (χ1n) is 6.31. The molecule has 1 aromatic rings. The summed E-state index contributed by atoms with van der Waals surface area (Å²) in [4.78, 5) is 0. The zero-order valence-electron chi connectivity index (χ0n) is 12.0. The summed E-state index contributed by atoms with van der Waals surface area (Å²) in [5.74, 6) is 0. The third kappa shape index (κ3) is 5.39. The molecule has 0 saturated heterocycles. The summed E-state index contributed by atoms with van der Waals surface area (Å²) < 4.78 is 7.68. The number of hydrogen-bond acceptors (Lipinski definition) is 1. The monoisotopic (exact) mass is 345 g/mol. The van der Waals surface area contributed by atoms with E-state index in [-0.39, 0.29) is 36.5 Å². The fourth-order valence-electron chi connectivity index (χ4n) is 2.06. The average Bonchev–Trinajstić information content (AvgIpc) is 2.72. The van der Waals surface area contributed by atoms with Crippen LogP contribution in [0.1, 0.15) is 38.9 Å². The van der Waals surface area contributed by atoms with E-state index in [9.17, 15) is 0 Å². The smallest absolute Gasteiger partial charge is 1.00 e. The normalized spacial score (nSPS) is 15.7. The van der Waals surface area contributed by atoms with Crippen LogP contribution < -0.4 is 24.8 Å². The van der Waals surface area contributed by atoms with Crippen molar-refractivity contribution in [3.8, 4) is 0 Å². The molecular weight excluding hydrogens is 327 g/mol. The molecule has 1 nitrogen and oxygen atoms in total. The molecule has 0 fully saturated rings. The molecule has 1 aromatic carbocycles. The molecule has 1 atom stereocenters. The third-order valence-electron chi connectivity index (χ3n) is 2.82. The molecule has 0 radical (unpaired) electrons. The predicted molar refractivity (Wildman–Crippen MR) is 70.8 cm³/mol. The van der Waals surface area contributed by atoms with E-state index < -0.39 is 0 Å². The maximum Gasteiger partial charge on any atom is -1.00 e. The maximum atomic E-state index is 6.27. The van der Waals surface area contributed by atoms with Crippen molar-refractivity contribution in [2.24, 2.45) is 0 Å². The minimum atomic E-state index is -0.149. The van der Waals surface area contributed by atoms with Crippen LogP contribution in [0.3, 0.4) is 0 Å². The summed E-state index contributed by atoms with van der Waals surface area (Å²) in [6.07, 6.45) is 5.52. The van der Waals surface area contributed by atoms with E-state index in [0.29, 0.717) is 0 Å². The molecule has 4 heteroatoms. The van der Waals surface area contributed by atoms with Crippen LogP contribution in [0.4, 0.5) is 0 Å². The van der Waals surface area contributed by atoms with Crippen molar-refractivity contribution in [3.63, 3.8) is 0 Å². The molecule has 20 heavy (non-hydrogen) atoms. The van der Waals surface area contributed by atoms with Gasteiger partial charge in [-0.05, 0) is 0 Å². The Morgan fingerprint density at radius 3 is 2.15 bits per heavy atom. The van der Waals surface area contributed by atoms with Crippen LogP contribution in [0.25, 0.3) is 0 Å². The minimum absolute atomic E-state index is 0. The van der Waals surface area contributed by atoms with Gasteiger partial charge in [-0.15, -0.1) is 0 Å². The molecule has 1 unspecified atom stereocenters. The second-order valence-corrected chi connectivity index (χ2v) is 6.50. The Labute approximate surface area is 146 Å². The second-order valence-electron chi connectivity index (χ2n) is 5.56. The fourth-order valence-corrected chi connectivity index (χ4v) is 2.58. The molecule has 0 amide bonds. The second kappa shape index (κ2) is 8.41. The summed E-state index contributed by atoms with van der Waals surface area (Å²) >= 11 is 2.19. The molecule has 0 heterocycles. The van der Waals surface area contributed by atoms with Crippen LogP contribution in [0.2, 0.25) is 0 Å². The molecule has 0 aromatic heterocycles. The quantitative estimate of drug-likeness (QED) is 0.594. The van der Waals surface area contributed by atoms with E-state index in [1.807, 2.05) is 6.07 Å². The summed E-state index contributed by atoms with van der Waals surface area (Å²) in [6.45, 7) is 6.33. The Balaban J connectivity index is 0.00000180. The van der Waals surface area contributed by atoms with Crippen molar-refractivity contribution in [2.75, 3.05) is 0 Å². The summed E-state index contributed by atoms with van der Waals surface area (Å²) in [5, 5.41) is 0. The Hall–Kier alpha value is -0.0457. The Morgan fingerprint density at radius 2 is 1.70 bits per heavy atom. The van der Waals surface area contributed by atoms with Gasteiger partial charge in [-0.3, -0.25) is 0 Å². The molecular formula is C16H19Cl2OTi. The average molecular weight is 346 g/mol. The SMILES string of the molecule is CC(C)(C)OC(C1=[C]([Ti+2])CC=C1)c1ccccc1.[Cl-].[Cl-]. The largest absolute Gasteiger partial charge is 1.00 e. The molecule has 107 valence electrons. The van der Waals surface area contributed by atoms with E-state index in [0.717, 1.165) is 6.42 Å². The van der Waals surface area contributed by atoms with E-state index in [1.54, 1.807) is 0 Å². The Morgan fingerprint density at radius 1 is 1.10 bits per heavy atom. The molecule has 0 N–H and O–H groups in total. The number of halogens is 2.